The molecule has 19 heavy (non-hydrogen) atoms. The Kier molecular flexibility index (Phi) is 4.11. The molecule has 0 bridgehead atoms. The number of carbonyl (C=O) groups is 1. The Bertz CT molecular complexity index is 534. The lowest BCUT2D eigenvalue weighted by Crippen LogP contribution is -2.29. The van der Waals surface area contributed by atoms with Crippen LogP contribution in [0.2, 0.25) is 0 Å². The third kappa shape index (κ3) is 3.29. The van der Waals surface area contributed by atoms with Crippen molar-refractivity contribution in [1.82, 2.24) is 20.3 Å². The third-order valence-corrected chi connectivity index (χ3v) is 3.15. The van der Waals surface area contributed by atoms with Gasteiger partial charge in [-0.2, -0.15) is 0 Å². The Balaban J connectivity index is 2.01. The molecule has 2 aromatic heterocycles. The van der Waals surface area contributed by atoms with Gasteiger partial charge in [0.1, 0.15) is 5.82 Å². The van der Waals surface area contributed by atoms with Crippen molar-refractivity contribution in [3.05, 3.63) is 24.2 Å². The number of aromatic nitrogens is 3. The summed E-state index contributed by atoms with van der Waals surface area (Å²) in [6, 6.07) is 3.75. The van der Waals surface area contributed by atoms with Crippen molar-refractivity contribution in [2.24, 2.45) is 5.92 Å². The van der Waals surface area contributed by atoms with Crippen molar-refractivity contribution in [2.45, 2.75) is 25.9 Å². The van der Waals surface area contributed by atoms with E-state index in [1.807, 2.05) is 19.1 Å². The Morgan fingerprint density at radius 3 is 3.05 bits per heavy atom. The SMILES string of the molecule is CNC(=O)C[C@H](O)[C@H](C)Cc1nc2ncccc2[nH]1. The van der Waals surface area contributed by atoms with Crippen LogP contribution in [0.4, 0.5) is 0 Å². The number of rotatable bonds is 5. The van der Waals surface area contributed by atoms with Crippen LogP contribution in [0.1, 0.15) is 19.2 Å². The summed E-state index contributed by atoms with van der Waals surface area (Å²) in [5, 5.41) is 12.4. The predicted octanol–water partition coefficient (Wildman–Crippen LogP) is 0.633. The van der Waals surface area contributed by atoms with Gasteiger partial charge in [-0.1, -0.05) is 6.92 Å². The minimum atomic E-state index is -0.680. The number of pyridine rings is 1. The van der Waals surface area contributed by atoms with Crippen LogP contribution in [-0.2, 0) is 11.2 Å². The molecule has 2 atom stereocenters. The number of aliphatic hydroxyl groups is 1. The van der Waals surface area contributed by atoms with Gasteiger partial charge in [0.05, 0.1) is 18.0 Å². The molecule has 0 spiro atoms. The molecule has 0 aromatic carbocycles. The normalized spacial score (nSPS) is 14.3. The number of nitrogens with zero attached hydrogens (tertiary/aromatic N) is 2. The second kappa shape index (κ2) is 5.79. The fourth-order valence-electron chi connectivity index (χ4n) is 1.93. The van der Waals surface area contributed by atoms with Crippen LogP contribution < -0.4 is 5.32 Å². The third-order valence-electron chi connectivity index (χ3n) is 3.15. The molecule has 0 saturated carbocycles. The standard InChI is InChI=1S/C13H18N4O2/c1-8(10(18)7-12(19)14-2)6-11-16-9-4-3-5-15-13(9)17-11/h3-5,8,10,18H,6-7H2,1-2H3,(H,14,19)(H,15,16,17)/t8-,10+/m1/s1. The average molecular weight is 262 g/mol. The minimum absolute atomic E-state index is 0.0575. The van der Waals surface area contributed by atoms with Crippen molar-refractivity contribution in [3.8, 4) is 0 Å². The zero-order valence-electron chi connectivity index (χ0n) is 11.1. The highest BCUT2D eigenvalue weighted by Gasteiger charge is 2.19. The van der Waals surface area contributed by atoms with Gasteiger partial charge >= 0.3 is 0 Å². The topological polar surface area (TPSA) is 90.9 Å². The Hall–Kier alpha value is -1.95. The van der Waals surface area contributed by atoms with Crippen LogP contribution in [0.3, 0.4) is 0 Å². The van der Waals surface area contributed by atoms with Crippen LogP contribution in [0.15, 0.2) is 18.3 Å². The Labute approximate surface area is 111 Å². The summed E-state index contributed by atoms with van der Waals surface area (Å²) >= 11 is 0. The van der Waals surface area contributed by atoms with E-state index in [0.29, 0.717) is 12.1 Å². The van der Waals surface area contributed by atoms with Crippen LogP contribution in [0.5, 0.6) is 0 Å². The fraction of sp³-hybridized carbons (Fsp3) is 0.462. The molecule has 6 heteroatoms. The molecule has 102 valence electrons. The molecule has 1 amide bonds. The number of imidazole rings is 1. The Morgan fingerprint density at radius 2 is 2.37 bits per heavy atom. The lowest BCUT2D eigenvalue weighted by molar-refractivity contribution is -0.123. The molecule has 0 aliphatic carbocycles. The van der Waals surface area contributed by atoms with E-state index in [1.165, 1.54) is 0 Å². The first-order valence-electron chi connectivity index (χ1n) is 6.28. The van der Waals surface area contributed by atoms with Gasteiger partial charge in [-0.05, 0) is 18.1 Å². The fourth-order valence-corrected chi connectivity index (χ4v) is 1.93. The zero-order valence-corrected chi connectivity index (χ0v) is 11.1. The lowest BCUT2D eigenvalue weighted by atomic mass is 9.98. The largest absolute Gasteiger partial charge is 0.392 e. The molecule has 2 aromatic rings. The van der Waals surface area contributed by atoms with Crippen molar-refractivity contribution in [1.29, 1.82) is 0 Å². The molecular weight excluding hydrogens is 244 g/mol. The van der Waals surface area contributed by atoms with Crippen molar-refractivity contribution in [3.63, 3.8) is 0 Å². The van der Waals surface area contributed by atoms with E-state index >= 15 is 0 Å². The first-order chi connectivity index (χ1) is 9.10. The smallest absolute Gasteiger partial charge is 0.222 e. The van der Waals surface area contributed by atoms with Crippen molar-refractivity contribution >= 4 is 17.1 Å². The maximum Gasteiger partial charge on any atom is 0.222 e. The average Bonchev–Trinajstić information content (AvgIpc) is 2.80. The second-order valence-electron chi connectivity index (χ2n) is 4.68. The van der Waals surface area contributed by atoms with Crippen LogP contribution in [0, 0.1) is 5.92 Å². The van der Waals surface area contributed by atoms with E-state index in [1.54, 1.807) is 13.2 Å². The first kappa shape index (κ1) is 13.5. The highest BCUT2D eigenvalue weighted by molar-refractivity contribution is 5.76. The zero-order chi connectivity index (χ0) is 13.8. The maximum absolute atomic E-state index is 11.2. The van der Waals surface area contributed by atoms with Gasteiger partial charge in [0.25, 0.3) is 0 Å². The van der Waals surface area contributed by atoms with Crippen molar-refractivity contribution in [2.75, 3.05) is 7.05 Å². The number of amides is 1. The first-order valence-corrected chi connectivity index (χ1v) is 6.28. The number of aromatic amines is 1. The highest BCUT2D eigenvalue weighted by Crippen LogP contribution is 2.15. The second-order valence-corrected chi connectivity index (χ2v) is 4.68. The molecule has 2 rings (SSSR count). The van der Waals surface area contributed by atoms with Gasteiger partial charge in [0.15, 0.2) is 5.65 Å². The van der Waals surface area contributed by atoms with Gasteiger partial charge in [-0.3, -0.25) is 4.79 Å². The van der Waals surface area contributed by atoms with E-state index in [0.717, 1.165) is 11.3 Å². The van der Waals surface area contributed by atoms with Crippen LogP contribution in [0.25, 0.3) is 11.2 Å². The molecule has 6 nitrogen and oxygen atoms in total. The summed E-state index contributed by atoms with van der Waals surface area (Å²) in [5.41, 5.74) is 1.55. The summed E-state index contributed by atoms with van der Waals surface area (Å²) in [4.78, 5) is 22.9. The van der Waals surface area contributed by atoms with Crippen molar-refractivity contribution < 1.29 is 9.90 Å². The Morgan fingerprint density at radius 1 is 1.58 bits per heavy atom. The summed E-state index contributed by atoms with van der Waals surface area (Å²) in [5.74, 6) is 0.556. The van der Waals surface area contributed by atoms with E-state index in [4.69, 9.17) is 0 Å². The summed E-state index contributed by atoms with van der Waals surface area (Å²) in [6.45, 7) is 1.90. The minimum Gasteiger partial charge on any atom is -0.392 e. The van der Waals surface area contributed by atoms with Gasteiger partial charge in [0.2, 0.25) is 5.91 Å². The monoisotopic (exact) mass is 262 g/mol. The van der Waals surface area contributed by atoms with Crippen LogP contribution in [-0.4, -0.2) is 39.1 Å². The molecule has 0 fully saturated rings. The van der Waals surface area contributed by atoms with E-state index in [9.17, 15) is 9.90 Å². The molecule has 3 N–H and O–H groups in total. The quantitative estimate of drug-likeness (QED) is 0.737. The van der Waals surface area contributed by atoms with Gasteiger partial charge < -0.3 is 15.4 Å². The van der Waals surface area contributed by atoms with Crippen LogP contribution >= 0.6 is 0 Å². The molecule has 0 radical (unpaired) electrons. The number of fused-ring (bicyclic) bond motifs is 1. The number of aliphatic hydroxyl groups excluding tert-OH is 1. The number of hydrogen-bond donors (Lipinski definition) is 3. The van der Waals surface area contributed by atoms with Gasteiger partial charge in [-0.15, -0.1) is 0 Å². The van der Waals surface area contributed by atoms with Gasteiger partial charge in [-0.25, -0.2) is 9.97 Å². The highest BCUT2D eigenvalue weighted by atomic mass is 16.3. The predicted molar refractivity (Wildman–Crippen MR) is 71.4 cm³/mol. The summed E-state index contributed by atoms with van der Waals surface area (Å²) < 4.78 is 0. The van der Waals surface area contributed by atoms with Gasteiger partial charge in [0, 0.05) is 19.7 Å². The number of carbonyl (C=O) groups excluding carboxylic acids is 1. The van der Waals surface area contributed by atoms with E-state index in [-0.39, 0.29) is 18.2 Å². The number of nitrogens with one attached hydrogen (secondary N) is 2. The summed E-state index contributed by atoms with van der Waals surface area (Å²) in [6.07, 6.45) is 1.70. The van der Waals surface area contributed by atoms with E-state index < -0.39 is 6.10 Å². The summed E-state index contributed by atoms with van der Waals surface area (Å²) in [7, 11) is 1.56. The maximum atomic E-state index is 11.2. The molecule has 0 unspecified atom stereocenters. The molecule has 0 aliphatic rings. The number of H-pyrrole nitrogens is 1. The lowest BCUT2D eigenvalue weighted by Gasteiger charge is -2.16. The molecular formula is C13H18N4O2. The molecule has 2 heterocycles. The molecule has 0 aliphatic heterocycles. The molecule has 0 saturated heterocycles. The number of hydrogen-bond acceptors (Lipinski definition) is 4. The van der Waals surface area contributed by atoms with E-state index in [2.05, 4.69) is 20.3 Å².